The molecule has 0 bridgehead atoms. The molecule has 117 heavy (non-hydrogen) atoms. The molecule has 35 heteroatoms. The molecule has 0 unspecified atom stereocenters. The van der Waals surface area contributed by atoms with Gasteiger partial charge in [0, 0.05) is 181 Å². The first-order valence-electron chi connectivity index (χ1n) is 38.8. The van der Waals surface area contributed by atoms with Crippen molar-refractivity contribution in [1.82, 2.24) is 84.6 Å². The summed E-state index contributed by atoms with van der Waals surface area (Å²) < 4.78 is 107. The minimum absolute atomic E-state index is 0.0206. The van der Waals surface area contributed by atoms with Crippen molar-refractivity contribution in [2.75, 3.05) is 162 Å². The first-order chi connectivity index (χ1) is 56.7. The molecule has 8 aromatic heterocycles. The molecule has 6 aliphatic heterocycles. The van der Waals surface area contributed by atoms with Gasteiger partial charge in [0.15, 0.2) is 69.6 Å². The number of aryl methyl sites for hydroxylation is 3. The Balaban J connectivity index is 0.000000131. The van der Waals surface area contributed by atoms with Gasteiger partial charge in [-0.3, -0.25) is 14.4 Å². The molecule has 0 atom stereocenters. The van der Waals surface area contributed by atoms with Gasteiger partial charge >= 0.3 is 0 Å². The van der Waals surface area contributed by atoms with Gasteiger partial charge in [-0.15, -0.1) is 0 Å². The van der Waals surface area contributed by atoms with Gasteiger partial charge in [-0.25, -0.2) is 66.2 Å². The van der Waals surface area contributed by atoms with Gasteiger partial charge < -0.3 is 89.6 Å². The SMILES string of the molecule is CCN1CCN(c2ccc(Nc3ncnc(Oc4cc(F)c5[nH]c(C)cc5c4F)c3C(=O)N3CCC3)nc2)CC1.Cc1cc2c(F)c(Oc3ncnc(Nc4ccc(N5CCN(C)CC5)cn4)c3C(=O)N3CCC3)cc(F)c2[nH]1.Cc1cc2c(F)c(Oc3ncnc(Nc4ccc(N5CCNCC5)cc4)c3C(=O)N3CCC3)cc(F)c2[nH]1. The molecule has 6 fully saturated rings. The number of piperazine rings is 3. The quantitative estimate of drug-likeness (QED) is 0.0370. The van der Waals surface area contributed by atoms with Crippen LogP contribution in [-0.4, -0.2) is 228 Å². The van der Waals surface area contributed by atoms with Gasteiger partial charge in [0.2, 0.25) is 17.6 Å². The highest BCUT2D eigenvalue weighted by Gasteiger charge is 2.35. The highest BCUT2D eigenvalue weighted by Crippen LogP contribution is 2.41. The number of likely N-dealkylation sites (tertiary alicyclic amines) is 3. The van der Waals surface area contributed by atoms with Crippen molar-refractivity contribution in [3.05, 3.63) is 185 Å². The van der Waals surface area contributed by atoms with Crippen LogP contribution in [-0.2, 0) is 0 Å². The molecule has 7 N–H and O–H groups in total. The number of amides is 3. The lowest BCUT2D eigenvalue weighted by Crippen LogP contribution is -2.46. The van der Waals surface area contributed by atoms with E-state index in [-0.39, 0.29) is 119 Å². The molecule has 4 aromatic carbocycles. The lowest BCUT2D eigenvalue weighted by molar-refractivity contribution is 0.0641. The van der Waals surface area contributed by atoms with E-state index in [0.29, 0.717) is 73.7 Å². The Morgan fingerprint density at radius 1 is 0.410 bits per heavy atom. The number of nitrogens with one attached hydrogen (secondary N) is 7. The second kappa shape index (κ2) is 33.9. The zero-order valence-corrected chi connectivity index (χ0v) is 64.9. The standard InChI is InChI=1S/C28H30F2N8O2.C27H28F2N8O2.C27H27F2N7O2/c1-3-36-9-11-37(12-10-36)18-5-6-22(31-15-18)35-26-23(28(39)38-7-4-8-38)27(33-16-32-26)40-21-14-20(29)25-19(24(21)30)13-17(2)34-25;1-16-12-18-23(29)20(13-19(28)24(18)33-16)39-26-22(27(38)37-6-3-7-37)25(31-15-32-26)34-21-5-4-17(14-30-21)36-10-8-35(2)9-11-36;1-16-13-19-23(29)21(14-20(28)24(19)33-16)38-26-22(27(37)36-9-2-10-36)25(31-15-32-26)34-17-3-5-18(6-4-17)35-11-7-30-8-12-35/h5-6,13-16,34H,3-4,7-12H2,1-2H3,(H,31,32,33,35);4-5,12-15,33H,3,6-11H2,1-2H3,(H,30,31,32,34);3-6,13-15,30,33H,2,7-12H2,1H3,(H,31,32,34). The number of benzene rings is 4. The van der Waals surface area contributed by atoms with Crippen molar-refractivity contribution in [1.29, 1.82) is 0 Å². The molecule has 6 aliphatic rings. The van der Waals surface area contributed by atoms with Crippen molar-refractivity contribution >= 4 is 102 Å². The third kappa shape index (κ3) is 16.7. The second-order valence-corrected chi connectivity index (χ2v) is 29.4. The Kier molecular flexibility index (Phi) is 22.6. The van der Waals surface area contributed by atoms with Crippen LogP contribution in [0.25, 0.3) is 32.7 Å². The maximum absolute atomic E-state index is 15.3. The van der Waals surface area contributed by atoms with Gasteiger partial charge in [0.1, 0.15) is 47.3 Å². The molecule has 14 heterocycles. The number of halogens is 6. The summed E-state index contributed by atoms with van der Waals surface area (Å²) in [5.74, 6) is -5.49. The minimum atomic E-state index is -0.757. The van der Waals surface area contributed by atoms with Crippen molar-refractivity contribution in [2.45, 2.75) is 47.0 Å². The Labute approximate surface area is 667 Å². The van der Waals surface area contributed by atoms with Crippen LogP contribution in [0.15, 0.2) is 116 Å². The topological polar surface area (TPSA) is 303 Å². The average molecular weight is 1600 g/mol. The minimum Gasteiger partial charge on any atom is -0.435 e. The van der Waals surface area contributed by atoms with Crippen molar-refractivity contribution in [3.8, 4) is 34.9 Å². The van der Waals surface area contributed by atoms with Gasteiger partial charge in [0.05, 0.1) is 40.3 Å². The first kappa shape index (κ1) is 78.0. The zero-order chi connectivity index (χ0) is 81.1. The molecule has 0 radical (unpaired) electrons. The highest BCUT2D eigenvalue weighted by atomic mass is 19.1. The molecule has 6 saturated heterocycles. The smallest absolute Gasteiger partial charge is 0.263 e. The Bertz CT molecular complexity index is 5670. The molecule has 0 aliphatic carbocycles. The Morgan fingerprint density at radius 3 is 1.10 bits per heavy atom. The van der Waals surface area contributed by atoms with Crippen LogP contribution in [0.4, 0.5) is 78.2 Å². The van der Waals surface area contributed by atoms with Crippen LogP contribution in [0.3, 0.4) is 0 Å². The number of nitrogens with zero attached hydrogens (tertiary/aromatic N) is 16. The van der Waals surface area contributed by atoms with E-state index in [4.69, 9.17) is 14.2 Å². The molecule has 606 valence electrons. The number of hydrogen-bond acceptors (Lipinski definition) is 23. The summed E-state index contributed by atoms with van der Waals surface area (Å²) >= 11 is 0. The maximum Gasteiger partial charge on any atom is 0.263 e. The summed E-state index contributed by atoms with van der Waals surface area (Å²) in [7, 11) is 2.10. The number of aromatic amines is 3. The number of anilines is 9. The fourth-order valence-electron chi connectivity index (χ4n) is 14.5. The van der Waals surface area contributed by atoms with E-state index in [1.165, 1.54) is 37.2 Å². The molecular weight excluding hydrogens is 1520 g/mol. The molecule has 12 aromatic rings. The van der Waals surface area contributed by atoms with E-state index in [9.17, 15) is 27.6 Å². The lowest BCUT2D eigenvalue weighted by Gasteiger charge is -2.35. The molecule has 0 saturated carbocycles. The number of ether oxygens (including phenoxy) is 3. The monoisotopic (exact) mass is 1600 g/mol. The third-order valence-corrected chi connectivity index (χ3v) is 21.5. The zero-order valence-electron chi connectivity index (χ0n) is 64.9. The predicted molar refractivity (Wildman–Crippen MR) is 431 cm³/mol. The summed E-state index contributed by atoms with van der Waals surface area (Å²) in [5.41, 5.74) is 5.91. The predicted octanol–water partition coefficient (Wildman–Crippen LogP) is 12.9. The van der Waals surface area contributed by atoms with Crippen molar-refractivity contribution in [3.63, 3.8) is 0 Å². The number of H-pyrrole nitrogens is 3. The van der Waals surface area contributed by atoms with Crippen molar-refractivity contribution in [2.24, 2.45) is 0 Å². The van der Waals surface area contributed by atoms with E-state index < -0.39 is 34.9 Å². The molecular formula is C82H85F6N23O6. The molecule has 18 rings (SSSR count). The fourth-order valence-corrected chi connectivity index (χ4v) is 14.5. The molecule has 29 nitrogen and oxygen atoms in total. The maximum atomic E-state index is 15.3. The van der Waals surface area contributed by atoms with Crippen LogP contribution < -0.4 is 50.2 Å². The van der Waals surface area contributed by atoms with Crippen LogP contribution in [0, 0.1) is 55.7 Å². The van der Waals surface area contributed by atoms with Crippen LogP contribution in [0.2, 0.25) is 0 Å². The summed E-state index contributed by atoms with van der Waals surface area (Å²) in [6.45, 7) is 23.2. The number of hydrogen-bond donors (Lipinski definition) is 7. The number of pyridine rings is 2. The Hall–Kier alpha value is -12.9. The van der Waals surface area contributed by atoms with Gasteiger partial charge in [-0.1, -0.05) is 6.92 Å². The van der Waals surface area contributed by atoms with E-state index in [1.807, 2.05) is 48.5 Å². The van der Waals surface area contributed by atoms with E-state index in [0.717, 1.165) is 140 Å². The lowest BCUT2D eigenvalue weighted by atomic mass is 10.1. The van der Waals surface area contributed by atoms with E-state index >= 15 is 13.2 Å². The average Bonchev–Trinajstić information content (AvgIpc) is 1.77. The van der Waals surface area contributed by atoms with Crippen LogP contribution >= 0.6 is 0 Å². The van der Waals surface area contributed by atoms with Crippen LogP contribution in [0.1, 0.15) is 74.3 Å². The summed E-state index contributed by atoms with van der Waals surface area (Å²) in [4.78, 5) is 99.4. The fraction of sp³-hybridized carbons (Fsp3) is 0.329. The summed E-state index contributed by atoms with van der Waals surface area (Å²) in [5, 5.41) is 12.9. The summed E-state index contributed by atoms with van der Waals surface area (Å²) in [6, 6.07) is 22.7. The number of rotatable bonds is 19. The number of likely N-dealkylation sites (N-methyl/N-ethyl adjacent to an activating group) is 2. The van der Waals surface area contributed by atoms with Gasteiger partial charge in [-0.05, 0) is 120 Å². The Morgan fingerprint density at radius 2 is 0.761 bits per heavy atom. The second-order valence-electron chi connectivity index (χ2n) is 29.4. The van der Waals surface area contributed by atoms with Crippen molar-refractivity contribution < 1.29 is 54.9 Å². The molecule has 0 spiro atoms. The van der Waals surface area contributed by atoms with Gasteiger partial charge in [-0.2, -0.15) is 0 Å². The highest BCUT2D eigenvalue weighted by molar-refractivity contribution is 6.04. The van der Waals surface area contributed by atoms with Gasteiger partial charge in [0.25, 0.3) is 17.7 Å². The van der Waals surface area contributed by atoms with Crippen LogP contribution in [0.5, 0.6) is 34.9 Å². The first-order valence-corrected chi connectivity index (χ1v) is 38.8. The number of carbonyl (C=O) groups is 3. The number of carbonyl (C=O) groups excluding carboxylic acids is 3. The summed E-state index contributed by atoms with van der Waals surface area (Å²) in [6.07, 6.45) is 9.83. The van der Waals surface area contributed by atoms with E-state index in [1.54, 1.807) is 47.9 Å². The number of fused-ring (bicyclic) bond motifs is 3. The third-order valence-electron chi connectivity index (χ3n) is 21.5. The largest absolute Gasteiger partial charge is 0.435 e. The normalized spacial score (nSPS) is 15.7. The molecule has 3 amide bonds. The van der Waals surface area contributed by atoms with E-state index in [2.05, 4.69) is 115 Å². The number of aromatic nitrogens is 11.